The lowest BCUT2D eigenvalue weighted by molar-refractivity contribution is -0.116. The Balaban J connectivity index is 1.98. The van der Waals surface area contributed by atoms with Gasteiger partial charge < -0.3 is 20.7 Å². The minimum Gasteiger partial charge on any atom is -0.383 e. The van der Waals surface area contributed by atoms with Crippen LogP contribution in [0.4, 0.5) is 17.2 Å². The third-order valence-electron chi connectivity index (χ3n) is 5.32. The van der Waals surface area contributed by atoms with Gasteiger partial charge in [-0.2, -0.15) is 0 Å². The molecule has 168 valence electrons. The fraction of sp³-hybridized carbons (Fsp3) is 0.476. The van der Waals surface area contributed by atoms with Crippen LogP contribution in [0.15, 0.2) is 38.8 Å². The van der Waals surface area contributed by atoms with E-state index < -0.39 is 23.7 Å². The van der Waals surface area contributed by atoms with E-state index in [1.807, 2.05) is 29.4 Å². The number of para-hydroxylation sites is 1. The Morgan fingerprint density at radius 3 is 2.55 bits per heavy atom. The summed E-state index contributed by atoms with van der Waals surface area (Å²) >= 11 is 1.50. The van der Waals surface area contributed by atoms with Crippen LogP contribution in [0, 0.1) is 0 Å². The average molecular weight is 448 g/mol. The summed E-state index contributed by atoms with van der Waals surface area (Å²) in [5.41, 5.74) is 6.04. The largest absolute Gasteiger partial charge is 0.383 e. The Labute approximate surface area is 185 Å². The molecule has 1 aromatic carbocycles. The molecule has 1 aliphatic heterocycles. The highest BCUT2D eigenvalue weighted by atomic mass is 32.2. The number of nitrogens with one attached hydrogen (secondary N) is 1. The van der Waals surface area contributed by atoms with E-state index in [9.17, 15) is 14.4 Å². The number of hydrogen-bond acceptors (Lipinski definition) is 7. The maximum Gasteiger partial charge on any atom is 0.333 e. The van der Waals surface area contributed by atoms with Gasteiger partial charge in [0.25, 0.3) is 5.56 Å². The first kappa shape index (κ1) is 23.0. The lowest BCUT2D eigenvalue weighted by Crippen LogP contribution is -2.47. The van der Waals surface area contributed by atoms with Crippen LogP contribution >= 0.6 is 11.8 Å². The fourth-order valence-corrected chi connectivity index (χ4v) is 4.29. The minimum atomic E-state index is -0.617. The van der Waals surface area contributed by atoms with Gasteiger partial charge in [-0.1, -0.05) is 12.1 Å². The van der Waals surface area contributed by atoms with Crippen molar-refractivity contribution in [3.05, 3.63) is 45.1 Å². The fourth-order valence-electron chi connectivity index (χ4n) is 3.73. The quantitative estimate of drug-likeness (QED) is 0.591. The molecule has 1 saturated heterocycles. The van der Waals surface area contributed by atoms with E-state index in [0.717, 1.165) is 28.7 Å². The molecule has 1 aliphatic rings. The number of anilines is 3. The van der Waals surface area contributed by atoms with Gasteiger partial charge in [0, 0.05) is 25.1 Å². The minimum absolute atomic E-state index is 0.123. The molecule has 1 fully saturated rings. The molecule has 0 radical (unpaired) electrons. The number of nitrogens with two attached hydrogens (primary N) is 1. The number of rotatable bonds is 8. The van der Waals surface area contributed by atoms with Crippen LogP contribution in [-0.4, -0.2) is 48.1 Å². The average Bonchev–Trinajstić information content (AvgIpc) is 2.78. The molecule has 1 amide bonds. The second-order valence-electron chi connectivity index (χ2n) is 7.35. The van der Waals surface area contributed by atoms with Crippen molar-refractivity contribution in [1.29, 1.82) is 0 Å². The summed E-state index contributed by atoms with van der Waals surface area (Å²) in [4.78, 5) is 41.9. The maximum atomic E-state index is 13.3. The van der Waals surface area contributed by atoms with E-state index in [1.54, 1.807) is 6.07 Å². The first-order chi connectivity index (χ1) is 15.0. The molecule has 3 rings (SSSR count). The number of ether oxygens (including phenoxy) is 1. The molecule has 2 aromatic rings. The molecule has 1 aromatic heterocycles. The molecule has 0 atom stereocenters. The number of nitrogens with zero attached hydrogens (tertiary/aromatic N) is 3. The van der Waals surface area contributed by atoms with Crippen molar-refractivity contribution in [3.8, 4) is 0 Å². The monoisotopic (exact) mass is 447 g/mol. The highest BCUT2D eigenvalue weighted by Gasteiger charge is 2.24. The van der Waals surface area contributed by atoms with Crippen molar-refractivity contribution in [2.75, 3.05) is 49.0 Å². The standard InChI is InChI=1S/C21H29N5O4S/c1-30-13-12-25-19(22)18(24-10-6-3-7-11-24)20(28)26(21(25)29)14-17(27)23-15-8-4-5-9-16(15)31-2/h4-5,8-9H,3,6-7,10-14,22H2,1-2H3,(H,23,27). The summed E-state index contributed by atoms with van der Waals surface area (Å²) in [6.07, 6.45) is 4.89. The number of piperidine rings is 1. The van der Waals surface area contributed by atoms with E-state index in [2.05, 4.69) is 5.32 Å². The summed E-state index contributed by atoms with van der Waals surface area (Å²) < 4.78 is 7.38. The molecule has 0 bridgehead atoms. The Morgan fingerprint density at radius 2 is 1.87 bits per heavy atom. The Kier molecular flexibility index (Phi) is 7.80. The number of thioether (sulfide) groups is 1. The Bertz CT molecular complexity index is 1040. The third-order valence-corrected chi connectivity index (χ3v) is 6.11. The zero-order valence-corrected chi connectivity index (χ0v) is 18.7. The molecular weight excluding hydrogens is 418 g/mol. The maximum absolute atomic E-state index is 13.3. The van der Waals surface area contributed by atoms with Gasteiger partial charge >= 0.3 is 5.69 Å². The van der Waals surface area contributed by atoms with Crippen molar-refractivity contribution < 1.29 is 9.53 Å². The first-order valence-electron chi connectivity index (χ1n) is 10.3. The molecule has 2 heterocycles. The molecule has 0 saturated carbocycles. The summed E-state index contributed by atoms with van der Waals surface area (Å²) in [6, 6.07) is 7.37. The van der Waals surface area contributed by atoms with Crippen LogP contribution in [0.25, 0.3) is 0 Å². The molecular formula is C21H29N5O4S. The number of hydrogen-bond donors (Lipinski definition) is 2. The SMILES string of the molecule is COCCn1c(N)c(N2CCCCC2)c(=O)n(CC(=O)Nc2ccccc2SC)c1=O. The van der Waals surface area contributed by atoms with Gasteiger partial charge in [0.2, 0.25) is 5.91 Å². The summed E-state index contributed by atoms with van der Waals surface area (Å²) in [5, 5.41) is 2.80. The van der Waals surface area contributed by atoms with Gasteiger partial charge in [0.1, 0.15) is 18.1 Å². The third kappa shape index (κ3) is 5.13. The van der Waals surface area contributed by atoms with Crippen molar-refractivity contribution >= 4 is 34.9 Å². The molecule has 31 heavy (non-hydrogen) atoms. The highest BCUT2D eigenvalue weighted by Crippen LogP contribution is 2.25. The van der Waals surface area contributed by atoms with Gasteiger partial charge in [0.15, 0.2) is 0 Å². The predicted molar refractivity (Wildman–Crippen MR) is 124 cm³/mol. The van der Waals surface area contributed by atoms with Crippen molar-refractivity contribution in [3.63, 3.8) is 0 Å². The zero-order chi connectivity index (χ0) is 22.4. The van der Waals surface area contributed by atoms with Crippen LogP contribution in [0.2, 0.25) is 0 Å². The van der Waals surface area contributed by atoms with Gasteiger partial charge in [-0.3, -0.25) is 14.2 Å². The van der Waals surface area contributed by atoms with Crippen LogP contribution in [0.1, 0.15) is 19.3 Å². The van der Waals surface area contributed by atoms with Crippen LogP contribution in [-0.2, 0) is 22.6 Å². The normalized spacial score (nSPS) is 13.9. The number of carbonyl (C=O) groups is 1. The predicted octanol–water partition coefficient (Wildman–Crippen LogP) is 1.59. The smallest absolute Gasteiger partial charge is 0.333 e. The molecule has 0 unspecified atom stereocenters. The number of nitrogen functional groups attached to an aromatic ring is 1. The zero-order valence-electron chi connectivity index (χ0n) is 17.9. The Hall–Kier alpha value is -2.72. The summed E-state index contributed by atoms with van der Waals surface area (Å²) in [6.45, 7) is 1.44. The second-order valence-corrected chi connectivity index (χ2v) is 8.20. The molecule has 0 spiro atoms. The van der Waals surface area contributed by atoms with E-state index in [0.29, 0.717) is 18.8 Å². The van der Waals surface area contributed by atoms with Crippen molar-refractivity contribution in [1.82, 2.24) is 9.13 Å². The lowest BCUT2D eigenvalue weighted by atomic mass is 10.1. The number of aromatic nitrogens is 2. The van der Waals surface area contributed by atoms with E-state index in [1.165, 1.54) is 23.4 Å². The van der Waals surface area contributed by atoms with E-state index >= 15 is 0 Å². The van der Waals surface area contributed by atoms with E-state index in [4.69, 9.17) is 10.5 Å². The van der Waals surface area contributed by atoms with Gasteiger partial charge in [0.05, 0.1) is 18.8 Å². The number of benzene rings is 1. The van der Waals surface area contributed by atoms with Crippen LogP contribution in [0.5, 0.6) is 0 Å². The van der Waals surface area contributed by atoms with Crippen LogP contribution in [0.3, 0.4) is 0 Å². The van der Waals surface area contributed by atoms with Gasteiger partial charge in [-0.15, -0.1) is 11.8 Å². The molecule has 0 aliphatic carbocycles. The number of methoxy groups -OCH3 is 1. The molecule has 3 N–H and O–H groups in total. The van der Waals surface area contributed by atoms with Crippen molar-refractivity contribution in [2.24, 2.45) is 0 Å². The summed E-state index contributed by atoms with van der Waals surface area (Å²) in [5.74, 6) is -0.327. The van der Waals surface area contributed by atoms with Crippen molar-refractivity contribution in [2.45, 2.75) is 37.2 Å². The highest BCUT2D eigenvalue weighted by molar-refractivity contribution is 7.98. The van der Waals surface area contributed by atoms with Gasteiger partial charge in [-0.05, 0) is 37.7 Å². The first-order valence-corrected chi connectivity index (χ1v) is 11.5. The number of amides is 1. The Morgan fingerprint density at radius 1 is 1.16 bits per heavy atom. The topological polar surface area (TPSA) is 112 Å². The number of carbonyl (C=O) groups excluding carboxylic acids is 1. The lowest BCUT2D eigenvalue weighted by Gasteiger charge is -2.30. The second kappa shape index (κ2) is 10.5. The molecule has 10 heteroatoms. The summed E-state index contributed by atoms with van der Waals surface area (Å²) in [7, 11) is 1.53. The van der Waals surface area contributed by atoms with E-state index in [-0.39, 0.29) is 24.7 Å². The van der Waals surface area contributed by atoms with Crippen LogP contribution < -0.4 is 27.2 Å². The van der Waals surface area contributed by atoms with Gasteiger partial charge in [-0.25, -0.2) is 9.36 Å². The molecule has 9 nitrogen and oxygen atoms in total.